The van der Waals surface area contributed by atoms with E-state index in [0.717, 1.165) is 37.6 Å². The number of aliphatic hydroxyl groups is 1. The number of benzene rings is 2. The highest BCUT2D eigenvalue weighted by Crippen LogP contribution is 2.35. The van der Waals surface area contributed by atoms with Crippen LogP contribution in [0, 0.1) is 0 Å². The van der Waals surface area contributed by atoms with Gasteiger partial charge in [0, 0.05) is 38.8 Å². The van der Waals surface area contributed by atoms with E-state index in [9.17, 15) is 9.90 Å². The van der Waals surface area contributed by atoms with Crippen LogP contribution < -0.4 is 19.1 Å². The summed E-state index contributed by atoms with van der Waals surface area (Å²) in [4.78, 5) is 16.8. The molecule has 172 valence electrons. The van der Waals surface area contributed by atoms with Crippen LogP contribution in [-0.2, 0) is 0 Å². The average Bonchev–Trinajstić information content (AvgIpc) is 2.77. The number of Topliss-reactive ketones (excluding diaryl/α,β-unsaturated/α-hetero) is 1. The number of carbonyl (C=O) groups is 1. The third-order valence-corrected chi connectivity index (χ3v) is 5.94. The summed E-state index contributed by atoms with van der Waals surface area (Å²) in [6.07, 6.45) is -0.244. The van der Waals surface area contributed by atoms with Gasteiger partial charge in [0.1, 0.15) is 35.6 Å². The van der Waals surface area contributed by atoms with E-state index in [1.165, 1.54) is 0 Å². The maximum Gasteiger partial charge on any atom is 0.170 e. The van der Waals surface area contributed by atoms with Crippen molar-refractivity contribution in [1.29, 1.82) is 0 Å². The lowest BCUT2D eigenvalue weighted by molar-refractivity contribution is 0.0596. The summed E-state index contributed by atoms with van der Waals surface area (Å²) in [5.41, 5.74) is 1.17. The van der Waals surface area contributed by atoms with Crippen molar-refractivity contribution >= 4 is 11.5 Å². The average molecular weight is 441 g/mol. The van der Waals surface area contributed by atoms with E-state index in [4.69, 9.17) is 14.2 Å². The van der Waals surface area contributed by atoms with Gasteiger partial charge in [0.15, 0.2) is 5.78 Å². The Bertz CT molecular complexity index is 953. The van der Waals surface area contributed by atoms with E-state index >= 15 is 0 Å². The van der Waals surface area contributed by atoms with Crippen LogP contribution in [0.3, 0.4) is 0 Å². The van der Waals surface area contributed by atoms with Crippen LogP contribution in [0.5, 0.6) is 17.2 Å². The second-order valence-corrected chi connectivity index (χ2v) is 9.04. The van der Waals surface area contributed by atoms with Crippen molar-refractivity contribution in [2.45, 2.75) is 32.0 Å². The van der Waals surface area contributed by atoms with E-state index in [-0.39, 0.29) is 12.4 Å². The molecule has 0 saturated carbocycles. The zero-order valence-electron chi connectivity index (χ0n) is 19.0. The van der Waals surface area contributed by atoms with E-state index in [1.54, 1.807) is 25.3 Å². The highest BCUT2D eigenvalue weighted by atomic mass is 16.5. The van der Waals surface area contributed by atoms with Crippen LogP contribution in [0.1, 0.15) is 30.6 Å². The highest BCUT2D eigenvalue weighted by molar-refractivity contribution is 6.00. The fourth-order valence-corrected chi connectivity index (χ4v) is 4.33. The van der Waals surface area contributed by atoms with Crippen LogP contribution in [0.15, 0.2) is 42.5 Å². The Morgan fingerprint density at radius 1 is 1.12 bits per heavy atom. The van der Waals surface area contributed by atoms with Gasteiger partial charge in [0.25, 0.3) is 0 Å². The summed E-state index contributed by atoms with van der Waals surface area (Å²) in [6.45, 7) is 8.00. The quantitative estimate of drug-likeness (QED) is 0.710. The molecule has 1 atom stereocenters. The van der Waals surface area contributed by atoms with Gasteiger partial charge in [-0.15, -0.1) is 0 Å². The molecule has 0 radical (unpaired) electrons. The third kappa shape index (κ3) is 5.16. The standard InChI is InChI=1S/C25H32N2O5/c1-25(2)15-22(29)20-9-8-19(14-24(20)32-25)31-17-18(28)16-26-10-12-27(13-11-26)21-6-4-5-7-23(21)30-3/h4-9,14,18,28H,10-13,15-17H2,1-3H3. The van der Waals surface area contributed by atoms with Crippen LogP contribution in [-0.4, -0.2) is 73.9 Å². The van der Waals surface area contributed by atoms with E-state index in [0.29, 0.717) is 30.0 Å². The molecule has 0 aliphatic carbocycles. The van der Waals surface area contributed by atoms with Crippen LogP contribution in [0.2, 0.25) is 0 Å². The number of β-amino-alcohol motifs (C(OH)–C–C–N with tert-alkyl or cyclic N) is 1. The van der Waals surface area contributed by atoms with Gasteiger partial charge in [-0.1, -0.05) is 12.1 Å². The van der Waals surface area contributed by atoms with Crippen molar-refractivity contribution in [2.24, 2.45) is 0 Å². The van der Waals surface area contributed by atoms with Gasteiger partial charge in [-0.3, -0.25) is 9.69 Å². The number of para-hydroxylation sites is 2. The minimum absolute atomic E-state index is 0.0788. The second kappa shape index (κ2) is 9.38. The van der Waals surface area contributed by atoms with Crippen molar-refractivity contribution in [3.63, 3.8) is 0 Å². The first kappa shape index (κ1) is 22.4. The summed E-state index contributed by atoms with van der Waals surface area (Å²) < 4.78 is 17.2. The summed E-state index contributed by atoms with van der Waals surface area (Å²) in [6, 6.07) is 13.3. The smallest absolute Gasteiger partial charge is 0.170 e. The highest BCUT2D eigenvalue weighted by Gasteiger charge is 2.32. The second-order valence-electron chi connectivity index (χ2n) is 9.04. The van der Waals surface area contributed by atoms with Crippen LogP contribution in [0.4, 0.5) is 5.69 Å². The largest absolute Gasteiger partial charge is 0.495 e. The molecule has 0 aromatic heterocycles. The van der Waals surface area contributed by atoms with E-state index in [1.807, 2.05) is 32.0 Å². The number of fused-ring (bicyclic) bond motifs is 1. The Labute approximate surface area is 189 Å². The zero-order valence-corrected chi connectivity index (χ0v) is 19.0. The number of carbonyl (C=O) groups excluding carboxylic acids is 1. The van der Waals surface area contributed by atoms with Crippen LogP contribution in [0.25, 0.3) is 0 Å². The number of hydrogen-bond donors (Lipinski definition) is 1. The minimum Gasteiger partial charge on any atom is -0.495 e. The van der Waals surface area contributed by atoms with Crippen molar-refractivity contribution in [3.05, 3.63) is 48.0 Å². The molecule has 1 saturated heterocycles. The number of rotatable bonds is 7. The lowest BCUT2D eigenvalue weighted by Gasteiger charge is -2.37. The Morgan fingerprint density at radius 3 is 2.62 bits per heavy atom. The fraction of sp³-hybridized carbons (Fsp3) is 0.480. The molecular formula is C25H32N2O5. The molecule has 2 aliphatic rings. The molecule has 0 bridgehead atoms. The molecule has 1 N–H and O–H groups in total. The van der Waals surface area contributed by atoms with Crippen LogP contribution >= 0.6 is 0 Å². The third-order valence-electron chi connectivity index (χ3n) is 5.94. The Kier molecular flexibility index (Phi) is 6.58. The minimum atomic E-state index is -0.608. The molecule has 0 spiro atoms. The molecule has 7 nitrogen and oxygen atoms in total. The lowest BCUT2D eigenvalue weighted by atomic mass is 9.93. The first-order valence-corrected chi connectivity index (χ1v) is 11.1. The number of methoxy groups -OCH3 is 1. The Balaban J connectivity index is 1.26. The number of piperazine rings is 1. The number of aliphatic hydroxyl groups excluding tert-OH is 1. The Hall–Kier alpha value is -2.77. The maximum atomic E-state index is 12.3. The van der Waals surface area contributed by atoms with Crippen molar-refractivity contribution in [3.8, 4) is 17.2 Å². The van der Waals surface area contributed by atoms with Crippen molar-refractivity contribution in [2.75, 3.05) is 51.3 Å². The summed E-state index contributed by atoms with van der Waals surface area (Å²) >= 11 is 0. The van der Waals surface area contributed by atoms with Gasteiger partial charge in [-0.2, -0.15) is 0 Å². The van der Waals surface area contributed by atoms with E-state index in [2.05, 4.69) is 15.9 Å². The Morgan fingerprint density at radius 2 is 1.88 bits per heavy atom. The number of nitrogens with zero attached hydrogens (tertiary/aromatic N) is 2. The van der Waals surface area contributed by atoms with Crippen molar-refractivity contribution in [1.82, 2.24) is 4.90 Å². The predicted octanol–water partition coefficient (Wildman–Crippen LogP) is 3.00. The predicted molar refractivity (Wildman–Crippen MR) is 123 cm³/mol. The molecule has 32 heavy (non-hydrogen) atoms. The van der Waals surface area contributed by atoms with Gasteiger partial charge in [0.05, 0.1) is 24.8 Å². The summed E-state index contributed by atoms with van der Waals surface area (Å²) in [5.74, 6) is 2.10. The first-order valence-electron chi connectivity index (χ1n) is 11.1. The monoisotopic (exact) mass is 440 g/mol. The molecular weight excluding hydrogens is 408 g/mol. The topological polar surface area (TPSA) is 71.5 Å². The first-order chi connectivity index (χ1) is 15.3. The van der Waals surface area contributed by atoms with Crippen molar-refractivity contribution < 1.29 is 24.1 Å². The van der Waals surface area contributed by atoms with Gasteiger partial charge in [0.2, 0.25) is 0 Å². The zero-order chi connectivity index (χ0) is 22.7. The summed E-state index contributed by atoms with van der Waals surface area (Å²) in [5, 5.41) is 10.5. The number of hydrogen-bond acceptors (Lipinski definition) is 7. The van der Waals surface area contributed by atoms with E-state index < -0.39 is 11.7 Å². The fourth-order valence-electron chi connectivity index (χ4n) is 4.33. The molecule has 1 unspecified atom stereocenters. The molecule has 2 heterocycles. The maximum absolute atomic E-state index is 12.3. The molecule has 4 rings (SSSR count). The molecule has 2 aliphatic heterocycles. The number of ketones is 1. The van der Waals surface area contributed by atoms with Gasteiger partial charge < -0.3 is 24.2 Å². The SMILES string of the molecule is COc1ccccc1N1CCN(CC(O)COc2ccc3c(c2)OC(C)(C)CC3=O)CC1. The number of anilines is 1. The number of ether oxygens (including phenoxy) is 3. The molecule has 1 fully saturated rings. The molecule has 7 heteroatoms. The lowest BCUT2D eigenvalue weighted by Crippen LogP contribution is -2.49. The molecule has 2 aromatic rings. The van der Waals surface area contributed by atoms with Gasteiger partial charge >= 0.3 is 0 Å². The normalized spacial score (nSPS) is 19.1. The molecule has 0 amide bonds. The molecule has 2 aromatic carbocycles. The van der Waals surface area contributed by atoms with Gasteiger partial charge in [-0.25, -0.2) is 0 Å². The van der Waals surface area contributed by atoms with Gasteiger partial charge in [-0.05, 0) is 38.1 Å². The summed E-state index contributed by atoms with van der Waals surface area (Å²) in [7, 11) is 1.69.